The van der Waals surface area contributed by atoms with Gasteiger partial charge in [0, 0.05) is 7.05 Å². The molecular formula is C12H15ClN8. The van der Waals surface area contributed by atoms with Gasteiger partial charge in [0.15, 0.2) is 17.3 Å². The van der Waals surface area contributed by atoms with Gasteiger partial charge in [-0.2, -0.15) is 10.2 Å². The lowest BCUT2D eigenvalue weighted by Crippen LogP contribution is -2.14. The van der Waals surface area contributed by atoms with Crippen molar-refractivity contribution in [3.05, 3.63) is 28.4 Å². The normalized spacial score (nSPS) is 11.3. The van der Waals surface area contributed by atoms with E-state index in [0.717, 1.165) is 16.8 Å². The summed E-state index contributed by atoms with van der Waals surface area (Å²) in [5.41, 5.74) is 4.95. The smallest absolute Gasteiger partial charge is 0.163 e. The number of hydrogen-bond acceptors (Lipinski definition) is 6. The molecule has 0 amide bonds. The third-order valence-electron chi connectivity index (χ3n) is 3.36. The van der Waals surface area contributed by atoms with Crippen LogP contribution in [0.5, 0.6) is 0 Å². The molecule has 3 aromatic heterocycles. The fourth-order valence-electron chi connectivity index (χ4n) is 2.21. The number of aryl methyl sites for hydroxylation is 2. The summed E-state index contributed by atoms with van der Waals surface area (Å²) in [5, 5.41) is 9.98. The molecule has 9 heteroatoms. The number of nitrogens with one attached hydrogen (secondary N) is 1. The van der Waals surface area contributed by atoms with Gasteiger partial charge >= 0.3 is 0 Å². The molecule has 3 heterocycles. The first kappa shape index (κ1) is 13.8. The molecule has 0 aliphatic heterocycles. The quantitative estimate of drug-likeness (QED) is 0.556. The largest absolute Gasteiger partial charge is 0.308 e. The van der Waals surface area contributed by atoms with Crippen molar-refractivity contribution in [2.75, 3.05) is 5.43 Å². The van der Waals surface area contributed by atoms with E-state index in [2.05, 4.69) is 25.6 Å². The summed E-state index contributed by atoms with van der Waals surface area (Å²) in [4.78, 5) is 8.91. The molecule has 0 aliphatic rings. The summed E-state index contributed by atoms with van der Waals surface area (Å²) in [6.45, 7) is 4.19. The highest BCUT2D eigenvalue weighted by Crippen LogP contribution is 2.21. The van der Waals surface area contributed by atoms with Gasteiger partial charge in [0.05, 0.1) is 28.0 Å². The van der Waals surface area contributed by atoms with Gasteiger partial charge in [-0.3, -0.25) is 9.36 Å². The Morgan fingerprint density at radius 2 is 2.10 bits per heavy atom. The van der Waals surface area contributed by atoms with E-state index in [1.807, 2.05) is 20.9 Å². The van der Waals surface area contributed by atoms with E-state index in [0.29, 0.717) is 28.9 Å². The number of hydrazine groups is 1. The number of aromatic nitrogens is 6. The summed E-state index contributed by atoms with van der Waals surface area (Å²) in [6, 6.07) is 0. The molecule has 0 saturated heterocycles. The molecule has 0 saturated carbocycles. The van der Waals surface area contributed by atoms with Crippen LogP contribution >= 0.6 is 11.6 Å². The molecule has 3 rings (SSSR count). The molecule has 21 heavy (non-hydrogen) atoms. The van der Waals surface area contributed by atoms with E-state index in [4.69, 9.17) is 17.4 Å². The number of anilines is 1. The van der Waals surface area contributed by atoms with E-state index < -0.39 is 0 Å². The topological polar surface area (TPSA) is 99.5 Å². The lowest BCUT2D eigenvalue weighted by atomic mass is 10.3. The molecule has 0 aromatic carbocycles. The summed E-state index contributed by atoms with van der Waals surface area (Å²) in [5.74, 6) is 6.65. The third kappa shape index (κ3) is 2.22. The van der Waals surface area contributed by atoms with E-state index >= 15 is 0 Å². The minimum absolute atomic E-state index is 0.412. The number of fused-ring (bicyclic) bond motifs is 1. The van der Waals surface area contributed by atoms with Crippen molar-refractivity contribution in [1.29, 1.82) is 0 Å². The molecule has 0 fully saturated rings. The van der Waals surface area contributed by atoms with Gasteiger partial charge in [-0.1, -0.05) is 11.6 Å². The van der Waals surface area contributed by atoms with E-state index in [-0.39, 0.29) is 0 Å². The second-order valence-electron chi connectivity index (χ2n) is 4.78. The van der Waals surface area contributed by atoms with Crippen molar-refractivity contribution >= 4 is 28.5 Å². The predicted octanol–water partition coefficient (Wildman–Crippen LogP) is 1.16. The standard InChI is InChI=1S/C12H15ClN8/c1-6-10(13)7(2)21(19-6)5-9-16-11(18-14)8-4-15-20(3)12(8)17-9/h4H,5,14H2,1-3H3,(H,16,17,18). The van der Waals surface area contributed by atoms with Crippen LogP contribution in [0.2, 0.25) is 5.02 Å². The first-order valence-electron chi connectivity index (χ1n) is 6.36. The maximum absolute atomic E-state index is 6.16. The minimum Gasteiger partial charge on any atom is -0.308 e. The monoisotopic (exact) mass is 306 g/mol. The summed E-state index contributed by atoms with van der Waals surface area (Å²) in [7, 11) is 1.82. The number of hydrogen-bond donors (Lipinski definition) is 2. The van der Waals surface area contributed by atoms with E-state index in [1.54, 1.807) is 15.6 Å². The van der Waals surface area contributed by atoms with Crippen LogP contribution in [-0.2, 0) is 13.6 Å². The molecule has 3 aromatic rings. The maximum Gasteiger partial charge on any atom is 0.163 e. The number of nitrogen functional groups attached to an aromatic ring is 1. The average molecular weight is 307 g/mol. The van der Waals surface area contributed by atoms with Crippen molar-refractivity contribution in [2.24, 2.45) is 12.9 Å². The molecule has 0 aliphatic carbocycles. The van der Waals surface area contributed by atoms with Crippen LogP contribution in [0.4, 0.5) is 5.82 Å². The predicted molar refractivity (Wildman–Crippen MR) is 79.9 cm³/mol. The third-order valence-corrected chi connectivity index (χ3v) is 3.91. The van der Waals surface area contributed by atoms with Crippen molar-refractivity contribution in [3.63, 3.8) is 0 Å². The van der Waals surface area contributed by atoms with Crippen LogP contribution in [0.25, 0.3) is 11.0 Å². The number of halogens is 1. The molecular weight excluding hydrogens is 292 g/mol. The van der Waals surface area contributed by atoms with Crippen molar-refractivity contribution in [3.8, 4) is 0 Å². The van der Waals surface area contributed by atoms with Crippen LogP contribution in [-0.4, -0.2) is 29.5 Å². The zero-order chi connectivity index (χ0) is 15.1. The lowest BCUT2D eigenvalue weighted by Gasteiger charge is -2.07. The van der Waals surface area contributed by atoms with Crippen molar-refractivity contribution in [2.45, 2.75) is 20.4 Å². The van der Waals surface area contributed by atoms with Crippen LogP contribution in [0, 0.1) is 13.8 Å². The Balaban J connectivity index is 2.08. The fourth-order valence-corrected chi connectivity index (χ4v) is 2.35. The highest BCUT2D eigenvalue weighted by Gasteiger charge is 2.14. The number of nitrogens with zero attached hydrogens (tertiary/aromatic N) is 6. The van der Waals surface area contributed by atoms with Crippen LogP contribution in [0.3, 0.4) is 0 Å². The van der Waals surface area contributed by atoms with Gasteiger partial charge in [-0.15, -0.1) is 0 Å². The molecule has 3 N–H and O–H groups in total. The van der Waals surface area contributed by atoms with Gasteiger partial charge in [0.2, 0.25) is 0 Å². The van der Waals surface area contributed by atoms with Crippen LogP contribution < -0.4 is 11.3 Å². The SMILES string of the molecule is Cc1nn(Cc2nc(NN)c3cnn(C)c3n2)c(C)c1Cl. The summed E-state index contributed by atoms with van der Waals surface area (Å²) < 4.78 is 3.45. The Labute approximate surface area is 125 Å². The highest BCUT2D eigenvalue weighted by atomic mass is 35.5. The minimum atomic E-state index is 0.412. The highest BCUT2D eigenvalue weighted by molar-refractivity contribution is 6.31. The Bertz CT molecular complexity index is 818. The lowest BCUT2D eigenvalue weighted by molar-refractivity contribution is 0.632. The Morgan fingerprint density at radius 3 is 2.71 bits per heavy atom. The number of rotatable bonds is 3. The van der Waals surface area contributed by atoms with Crippen molar-refractivity contribution in [1.82, 2.24) is 29.5 Å². The zero-order valence-electron chi connectivity index (χ0n) is 11.9. The Hall–Kier alpha value is -2.19. The van der Waals surface area contributed by atoms with Gasteiger partial charge in [0.25, 0.3) is 0 Å². The summed E-state index contributed by atoms with van der Waals surface area (Å²) >= 11 is 6.16. The van der Waals surface area contributed by atoms with E-state index in [9.17, 15) is 0 Å². The Kier molecular flexibility index (Phi) is 3.26. The first-order chi connectivity index (χ1) is 10.0. The van der Waals surface area contributed by atoms with Gasteiger partial charge in [0.1, 0.15) is 6.54 Å². The molecule has 110 valence electrons. The second-order valence-corrected chi connectivity index (χ2v) is 5.16. The van der Waals surface area contributed by atoms with Crippen molar-refractivity contribution < 1.29 is 0 Å². The average Bonchev–Trinajstić information content (AvgIpc) is 2.95. The van der Waals surface area contributed by atoms with E-state index in [1.165, 1.54) is 0 Å². The molecule has 0 bridgehead atoms. The molecule has 0 unspecified atom stereocenters. The fraction of sp³-hybridized carbons (Fsp3) is 0.333. The maximum atomic E-state index is 6.16. The molecule has 0 spiro atoms. The first-order valence-corrected chi connectivity index (χ1v) is 6.73. The zero-order valence-corrected chi connectivity index (χ0v) is 12.7. The number of nitrogens with two attached hydrogens (primary N) is 1. The van der Waals surface area contributed by atoms with Crippen LogP contribution in [0.15, 0.2) is 6.20 Å². The second kappa shape index (κ2) is 4.97. The van der Waals surface area contributed by atoms with Gasteiger partial charge in [-0.05, 0) is 13.8 Å². The molecule has 0 atom stereocenters. The van der Waals surface area contributed by atoms with Crippen LogP contribution in [0.1, 0.15) is 17.2 Å². The summed E-state index contributed by atoms with van der Waals surface area (Å²) in [6.07, 6.45) is 1.68. The molecule has 8 nitrogen and oxygen atoms in total. The van der Waals surface area contributed by atoms with Gasteiger partial charge < -0.3 is 5.43 Å². The Morgan fingerprint density at radius 1 is 1.33 bits per heavy atom. The molecule has 0 radical (unpaired) electrons. The van der Waals surface area contributed by atoms with Gasteiger partial charge in [-0.25, -0.2) is 15.8 Å².